The zero-order valence-corrected chi connectivity index (χ0v) is 9.90. The summed E-state index contributed by atoms with van der Waals surface area (Å²) in [5.74, 6) is -4.15. The second kappa shape index (κ2) is 4.48. The number of aromatic nitrogens is 2. The van der Waals surface area contributed by atoms with Crippen LogP contribution in [-0.4, -0.2) is 44.0 Å². The number of nitrogens with zero attached hydrogens (tertiary/aromatic N) is 3. The zero-order chi connectivity index (χ0) is 15.1. The Bertz CT molecular complexity index is 628. The number of hydrogen-bond donors (Lipinski definition) is 3. The third-order valence-electron chi connectivity index (χ3n) is 2.99. The van der Waals surface area contributed by atoms with Crippen LogP contribution < -0.4 is 11.4 Å². The van der Waals surface area contributed by atoms with Crippen molar-refractivity contribution in [2.45, 2.75) is 23.9 Å². The summed E-state index contributed by atoms with van der Waals surface area (Å²) < 4.78 is 33.1. The maximum atomic E-state index is 14.0. The molecule has 3 atom stereocenters. The van der Waals surface area contributed by atoms with Gasteiger partial charge in [-0.25, -0.2) is 4.79 Å². The molecule has 1 fully saturated rings. The highest BCUT2D eigenvalue weighted by Gasteiger charge is 2.67. The molecule has 108 valence electrons. The van der Waals surface area contributed by atoms with Gasteiger partial charge in [-0.2, -0.15) is 19.0 Å². The normalized spacial score (nSPS) is 31.9. The van der Waals surface area contributed by atoms with Crippen molar-refractivity contribution in [2.75, 3.05) is 12.3 Å². The van der Waals surface area contributed by atoms with Crippen LogP contribution in [0.25, 0.3) is 0 Å². The first-order valence-corrected chi connectivity index (χ1v) is 5.39. The second-order valence-corrected chi connectivity index (χ2v) is 4.25. The molecule has 0 saturated carbocycles. The third-order valence-corrected chi connectivity index (χ3v) is 2.99. The molecule has 4 N–H and O–H groups in total. The van der Waals surface area contributed by atoms with Gasteiger partial charge in [-0.05, 0) is 6.07 Å². The largest absolute Gasteiger partial charge is 0.392 e. The molecule has 0 spiro atoms. The molecule has 10 heteroatoms. The van der Waals surface area contributed by atoms with Crippen molar-refractivity contribution in [1.82, 2.24) is 9.55 Å². The second-order valence-electron chi connectivity index (χ2n) is 4.25. The average molecular weight is 288 g/mol. The van der Waals surface area contributed by atoms with E-state index in [1.807, 2.05) is 0 Å². The number of anilines is 1. The highest BCUT2D eigenvalue weighted by molar-refractivity contribution is 5.24. The molecule has 0 amide bonds. The lowest BCUT2D eigenvalue weighted by Crippen LogP contribution is -2.48. The fraction of sp³-hybridized carbons (Fsp3) is 0.500. The van der Waals surface area contributed by atoms with Gasteiger partial charge in [-0.3, -0.25) is 4.57 Å². The van der Waals surface area contributed by atoms with Crippen LogP contribution in [-0.2, 0) is 4.74 Å². The van der Waals surface area contributed by atoms with E-state index in [1.165, 1.54) is 6.07 Å². The first kappa shape index (κ1) is 14.3. The van der Waals surface area contributed by atoms with Crippen LogP contribution in [0.15, 0.2) is 17.1 Å². The Labute approximate surface area is 110 Å². The van der Waals surface area contributed by atoms with Crippen LogP contribution in [0, 0.1) is 11.3 Å². The number of nitrogen functional groups attached to an aromatic ring is 1. The maximum Gasteiger partial charge on any atom is 0.351 e. The molecule has 0 aliphatic carbocycles. The van der Waals surface area contributed by atoms with Gasteiger partial charge in [0.15, 0.2) is 6.10 Å². The molecule has 0 aromatic carbocycles. The number of aliphatic hydroxyl groups excluding tert-OH is 2. The van der Waals surface area contributed by atoms with Crippen LogP contribution in [0.2, 0.25) is 0 Å². The van der Waals surface area contributed by atoms with Crippen molar-refractivity contribution in [3.8, 4) is 6.07 Å². The van der Waals surface area contributed by atoms with Gasteiger partial charge in [0.05, 0.1) is 6.61 Å². The first-order valence-electron chi connectivity index (χ1n) is 5.39. The molecule has 1 aliphatic heterocycles. The van der Waals surface area contributed by atoms with E-state index < -0.39 is 36.2 Å². The number of hydrogen-bond acceptors (Lipinski definition) is 7. The summed E-state index contributed by atoms with van der Waals surface area (Å²) in [7, 11) is 0. The highest BCUT2D eigenvalue weighted by Crippen LogP contribution is 2.47. The number of nitriles is 1. The Kier molecular flexibility index (Phi) is 3.21. The molecule has 1 aromatic rings. The van der Waals surface area contributed by atoms with E-state index in [-0.39, 0.29) is 5.82 Å². The van der Waals surface area contributed by atoms with E-state index in [9.17, 15) is 18.7 Å². The van der Waals surface area contributed by atoms with E-state index in [1.54, 1.807) is 0 Å². The Balaban J connectivity index is 2.53. The maximum absolute atomic E-state index is 14.0. The monoisotopic (exact) mass is 288 g/mol. The van der Waals surface area contributed by atoms with Crippen molar-refractivity contribution >= 4 is 5.82 Å². The lowest BCUT2D eigenvalue weighted by Gasteiger charge is -2.21. The SMILES string of the molecule is N#C[C@]1(CO)O[C@H](n2ccc(N)nc2=O)C(F)(F)[C@@H]1O. The van der Waals surface area contributed by atoms with Crippen molar-refractivity contribution < 1.29 is 23.7 Å². The molecule has 20 heavy (non-hydrogen) atoms. The molecule has 2 heterocycles. The summed E-state index contributed by atoms with van der Waals surface area (Å²) >= 11 is 0. The molecule has 2 rings (SSSR count). The minimum Gasteiger partial charge on any atom is -0.392 e. The van der Waals surface area contributed by atoms with Crippen molar-refractivity contribution in [3.05, 3.63) is 22.7 Å². The third kappa shape index (κ3) is 1.83. The molecule has 1 saturated heterocycles. The fourth-order valence-electron chi connectivity index (χ4n) is 1.88. The number of ether oxygens (including phenoxy) is 1. The van der Waals surface area contributed by atoms with E-state index in [0.29, 0.717) is 4.57 Å². The van der Waals surface area contributed by atoms with Gasteiger partial charge in [0, 0.05) is 6.20 Å². The Morgan fingerprint density at radius 1 is 1.65 bits per heavy atom. The van der Waals surface area contributed by atoms with Crippen LogP contribution >= 0.6 is 0 Å². The Morgan fingerprint density at radius 2 is 2.30 bits per heavy atom. The summed E-state index contributed by atoms with van der Waals surface area (Å²) in [6.07, 6.45) is -3.97. The van der Waals surface area contributed by atoms with Crippen LogP contribution in [0.3, 0.4) is 0 Å². The fourth-order valence-corrected chi connectivity index (χ4v) is 1.88. The van der Waals surface area contributed by atoms with Crippen molar-refractivity contribution in [2.24, 2.45) is 0 Å². The minimum absolute atomic E-state index is 0.179. The Morgan fingerprint density at radius 3 is 2.75 bits per heavy atom. The number of halogens is 2. The van der Waals surface area contributed by atoms with Crippen LogP contribution in [0.1, 0.15) is 6.23 Å². The van der Waals surface area contributed by atoms with Gasteiger partial charge in [-0.15, -0.1) is 0 Å². The summed E-state index contributed by atoms with van der Waals surface area (Å²) in [5, 5.41) is 27.4. The molecule has 1 aromatic heterocycles. The molecular formula is C10H10F2N4O4. The van der Waals surface area contributed by atoms with Gasteiger partial charge >= 0.3 is 11.6 Å². The first-order chi connectivity index (χ1) is 9.28. The standard InChI is InChI=1S/C10H10F2N4O4/c11-10(12)6(18)9(3-13,4-17)20-7(10)16-2-1-5(14)15-8(16)19/h1-2,6-7,17-18H,4H2,(H2,14,15,19)/t6-,7+,9-/m1/s1. The van der Waals surface area contributed by atoms with Gasteiger partial charge in [0.1, 0.15) is 11.9 Å². The number of alkyl halides is 2. The number of rotatable bonds is 2. The average Bonchev–Trinajstić information content (AvgIpc) is 2.60. The summed E-state index contributed by atoms with van der Waals surface area (Å²) in [6.45, 7) is -1.16. The summed E-state index contributed by atoms with van der Waals surface area (Å²) in [4.78, 5) is 14.8. The van der Waals surface area contributed by atoms with Gasteiger partial charge in [0.25, 0.3) is 0 Å². The lowest BCUT2D eigenvalue weighted by atomic mass is 9.97. The number of nitrogens with two attached hydrogens (primary N) is 1. The Hall–Kier alpha value is -2.09. The molecule has 0 radical (unpaired) electrons. The zero-order valence-electron chi connectivity index (χ0n) is 9.90. The summed E-state index contributed by atoms with van der Waals surface area (Å²) in [5.41, 5.74) is 1.58. The van der Waals surface area contributed by atoms with E-state index in [0.717, 1.165) is 12.3 Å². The van der Waals surface area contributed by atoms with Crippen molar-refractivity contribution in [1.29, 1.82) is 5.26 Å². The van der Waals surface area contributed by atoms with E-state index in [2.05, 4.69) is 4.98 Å². The van der Waals surface area contributed by atoms with E-state index >= 15 is 0 Å². The van der Waals surface area contributed by atoms with Crippen LogP contribution in [0.5, 0.6) is 0 Å². The van der Waals surface area contributed by atoms with E-state index in [4.69, 9.17) is 20.8 Å². The molecule has 1 aliphatic rings. The highest BCUT2D eigenvalue weighted by atomic mass is 19.3. The lowest BCUT2D eigenvalue weighted by molar-refractivity contribution is -0.142. The van der Waals surface area contributed by atoms with Crippen molar-refractivity contribution in [3.63, 3.8) is 0 Å². The van der Waals surface area contributed by atoms with Gasteiger partial charge in [0.2, 0.25) is 11.8 Å². The number of aliphatic hydroxyl groups is 2. The van der Waals surface area contributed by atoms with Crippen LogP contribution in [0.4, 0.5) is 14.6 Å². The molecule has 0 unspecified atom stereocenters. The topological polar surface area (TPSA) is 134 Å². The predicted molar refractivity (Wildman–Crippen MR) is 59.4 cm³/mol. The molecular weight excluding hydrogens is 278 g/mol. The quantitative estimate of drug-likeness (QED) is 0.609. The molecule has 0 bridgehead atoms. The summed E-state index contributed by atoms with van der Waals surface area (Å²) in [6, 6.07) is 2.38. The predicted octanol–water partition coefficient (Wildman–Crippen LogP) is -1.39. The minimum atomic E-state index is -3.97. The van der Waals surface area contributed by atoms with Gasteiger partial charge in [-0.1, -0.05) is 0 Å². The smallest absolute Gasteiger partial charge is 0.351 e. The molecule has 8 nitrogen and oxygen atoms in total. The van der Waals surface area contributed by atoms with Gasteiger partial charge < -0.3 is 20.7 Å².